The number of H-pyrrole nitrogens is 1. The molecule has 0 unspecified atom stereocenters. The van der Waals surface area contributed by atoms with Gasteiger partial charge in [-0.05, 0) is 45.8 Å². The van der Waals surface area contributed by atoms with E-state index in [9.17, 15) is 0 Å². The second kappa shape index (κ2) is 5.80. The number of piperidine rings is 1. The van der Waals surface area contributed by atoms with Crippen LogP contribution in [0.1, 0.15) is 43.5 Å². The summed E-state index contributed by atoms with van der Waals surface area (Å²) in [6.45, 7) is 2.25. The lowest BCUT2D eigenvalue weighted by atomic mass is 10.1. The number of aromatic amines is 1. The Morgan fingerprint density at radius 1 is 1.12 bits per heavy atom. The fourth-order valence-electron chi connectivity index (χ4n) is 3.47. The van der Waals surface area contributed by atoms with Crippen molar-refractivity contribution >= 4 is 22.5 Å². The molecule has 8 nitrogen and oxygen atoms in total. The molecule has 0 aromatic carbocycles. The van der Waals surface area contributed by atoms with Crippen molar-refractivity contribution in [2.24, 2.45) is 0 Å². The van der Waals surface area contributed by atoms with Crippen LogP contribution in [0, 0.1) is 0 Å². The van der Waals surface area contributed by atoms with Crippen molar-refractivity contribution in [3.05, 3.63) is 24.4 Å². The zero-order valence-electron chi connectivity index (χ0n) is 14.3. The number of fused-ring (bicyclic) bond motifs is 1. The zero-order valence-corrected chi connectivity index (χ0v) is 14.3. The summed E-state index contributed by atoms with van der Waals surface area (Å²) in [6, 6.07) is 0.478. The van der Waals surface area contributed by atoms with Crippen molar-refractivity contribution in [2.75, 3.05) is 25.5 Å². The van der Waals surface area contributed by atoms with Crippen LogP contribution in [-0.4, -0.2) is 55.0 Å². The fourth-order valence-corrected chi connectivity index (χ4v) is 3.47. The van der Waals surface area contributed by atoms with Crippen LogP contribution < -0.4 is 5.32 Å². The Balaban J connectivity index is 1.40. The van der Waals surface area contributed by atoms with E-state index >= 15 is 0 Å². The summed E-state index contributed by atoms with van der Waals surface area (Å²) in [5.74, 6) is 2.20. The van der Waals surface area contributed by atoms with Crippen molar-refractivity contribution < 1.29 is 0 Å². The molecule has 0 bridgehead atoms. The summed E-state index contributed by atoms with van der Waals surface area (Å²) >= 11 is 0. The first-order valence-corrected chi connectivity index (χ1v) is 8.97. The van der Waals surface area contributed by atoms with Crippen molar-refractivity contribution in [3.63, 3.8) is 0 Å². The van der Waals surface area contributed by atoms with Crippen molar-refractivity contribution in [3.8, 4) is 0 Å². The van der Waals surface area contributed by atoms with Gasteiger partial charge in [0.2, 0.25) is 0 Å². The van der Waals surface area contributed by atoms with Gasteiger partial charge in [-0.15, -0.1) is 0 Å². The lowest BCUT2D eigenvalue weighted by Gasteiger charge is -2.28. The highest BCUT2D eigenvalue weighted by molar-refractivity contribution is 5.86. The second-order valence-electron chi connectivity index (χ2n) is 7.20. The molecule has 2 aliphatic rings. The standard InChI is InChI=1S/C17H22N8/c1-24-6-4-13(5-7-24)25-10-12(8-19-25)20-17-15-14(9-18-23-15)21-16(22-17)11-2-3-11/h8-11,13H,2-7H2,1H3,(H,18,23)(H,20,21,22). The van der Waals surface area contributed by atoms with Crippen molar-refractivity contribution in [2.45, 2.75) is 37.6 Å². The van der Waals surface area contributed by atoms with E-state index in [1.165, 1.54) is 12.8 Å². The molecule has 0 amide bonds. The highest BCUT2D eigenvalue weighted by Crippen LogP contribution is 2.39. The van der Waals surface area contributed by atoms with Crippen LogP contribution in [0.4, 0.5) is 11.5 Å². The monoisotopic (exact) mass is 338 g/mol. The molecule has 4 heterocycles. The summed E-state index contributed by atoms with van der Waals surface area (Å²) in [6.07, 6.45) is 10.4. The summed E-state index contributed by atoms with van der Waals surface area (Å²) in [4.78, 5) is 11.7. The number of rotatable bonds is 4. The number of anilines is 2. The molecule has 130 valence electrons. The van der Waals surface area contributed by atoms with Crippen LogP contribution in [0.2, 0.25) is 0 Å². The van der Waals surface area contributed by atoms with E-state index in [1.807, 2.05) is 6.20 Å². The minimum absolute atomic E-state index is 0.478. The number of hydrogen-bond acceptors (Lipinski definition) is 6. The summed E-state index contributed by atoms with van der Waals surface area (Å²) in [7, 11) is 2.18. The minimum Gasteiger partial charge on any atom is -0.336 e. The molecule has 8 heteroatoms. The van der Waals surface area contributed by atoms with Crippen LogP contribution in [0.25, 0.3) is 11.0 Å². The highest BCUT2D eigenvalue weighted by atomic mass is 15.3. The van der Waals surface area contributed by atoms with Gasteiger partial charge in [0.25, 0.3) is 0 Å². The molecule has 2 N–H and O–H groups in total. The molecule has 0 radical (unpaired) electrons. The van der Waals surface area contributed by atoms with E-state index in [0.29, 0.717) is 12.0 Å². The van der Waals surface area contributed by atoms with Crippen molar-refractivity contribution in [1.82, 2.24) is 34.8 Å². The summed E-state index contributed by atoms with van der Waals surface area (Å²) in [5.41, 5.74) is 2.66. The maximum absolute atomic E-state index is 4.72. The van der Waals surface area contributed by atoms with E-state index in [0.717, 1.165) is 54.3 Å². The van der Waals surface area contributed by atoms with Gasteiger partial charge < -0.3 is 10.2 Å². The van der Waals surface area contributed by atoms with Gasteiger partial charge in [-0.3, -0.25) is 9.78 Å². The maximum Gasteiger partial charge on any atom is 0.160 e. The van der Waals surface area contributed by atoms with Gasteiger partial charge in [-0.1, -0.05) is 0 Å². The molecule has 2 fully saturated rings. The van der Waals surface area contributed by atoms with Crippen LogP contribution >= 0.6 is 0 Å². The SMILES string of the molecule is CN1CCC(n2cc(Nc3nc(C4CC4)nc4cn[nH]c34)cn2)CC1. The Bertz CT molecular complexity index is 885. The summed E-state index contributed by atoms with van der Waals surface area (Å²) < 4.78 is 2.09. The molecule has 0 atom stereocenters. The van der Waals surface area contributed by atoms with E-state index < -0.39 is 0 Å². The molecular weight excluding hydrogens is 316 g/mol. The number of aromatic nitrogens is 6. The molecule has 3 aromatic rings. The van der Waals surface area contributed by atoms with Crippen LogP contribution in [-0.2, 0) is 0 Å². The van der Waals surface area contributed by atoms with E-state index in [2.05, 4.69) is 48.4 Å². The van der Waals surface area contributed by atoms with Gasteiger partial charge in [-0.2, -0.15) is 10.2 Å². The molecule has 1 aliphatic heterocycles. The quantitative estimate of drug-likeness (QED) is 0.760. The maximum atomic E-state index is 4.72. The van der Waals surface area contributed by atoms with Crippen LogP contribution in [0.3, 0.4) is 0 Å². The van der Waals surface area contributed by atoms with Gasteiger partial charge in [0.05, 0.1) is 24.1 Å². The number of nitrogens with one attached hydrogen (secondary N) is 2. The van der Waals surface area contributed by atoms with Crippen molar-refractivity contribution in [1.29, 1.82) is 0 Å². The van der Waals surface area contributed by atoms with Crippen LogP contribution in [0.15, 0.2) is 18.6 Å². The van der Waals surface area contributed by atoms with Gasteiger partial charge in [0.15, 0.2) is 5.82 Å². The van der Waals surface area contributed by atoms with Gasteiger partial charge in [0.1, 0.15) is 16.9 Å². The minimum atomic E-state index is 0.478. The fraction of sp³-hybridized carbons (Fsp3) is 0.529. The first kappa shape index (κ1) is 14.8. The zero-order chi connectivity index (χ0) is 16.8. The molecule has 25 heavy (non-hydrogen) atoms. The average Bonchev–Trinajstić information content (AvgIpc) is 3.18. The van der Waals surface area contributed by atoms with Gasteiger partial charge in [0, 0.05) is 12.1 Å². The average molecular weight is 338 g/mol. The lowest BCUT2D eigenvalue weighted by Crippen LogP contribution is -2.31. The largest absolute Gasteiger partial charge is 0.336 e. The third kappa shape index (κ3) is 2.86. The molecule has 1 saturated heterocycles. The topological polar surface area (TPSA) is 87.5 Å². The first-order valence-electron chi connectivity index (χ1n) is 8.97. The Kier molecular flexibility index (Phi) is 3.44. The number of nitrogens with zero attached hydrogens (tertiary/aromatic N) is 6. The molecule has 3 aromatic heterocycles. The normalized spacial score (nSPS) is 19.6. The molecule has 5 rings (SSSR count). The number of likely N-dealkylation sites (tertiary alicyclic amines) is 1. The summed E-state index contributed by atoms with van der Waals surface area (Å²) in [5, 5.41) is 15.1. The molecular formula is C17H22N8. The first-order chi connectivity index (χ1) is 12.3. The molecule has 1 aliphatic carbocycles. The van der Waals surface area contributed by atoms with Crippen LogP contribution in [0.5, 0.6) is 0 Å². The smallest absolute Gasteiger partial charge is 0.160 e. The molecule has 0 spiro atoms. The Labute approximate surface area is 145 Å². The third-order valence-electron chi connectivity index (χ3n) is 5.19. The highest BCUT2D eigenvalue weighted by Gasteiger charge is 2.28. The Morgan fingerprint density at radius 2 is 1.96 bits per heavy atom. The van der Waals surface area contributed by atoms with E-state index in [-0.39, 0.29) is 0 Å². The predicted octanol–water partition coefficient (Wildman–Crippen LogP) is 2.44. The third-order valence-corrected chi connectivity index (χ3v) is 5.19. The molecule has 1 saturated carbocycles. The van der Waals surface area contributed by atoms with E-state index in [1.54, 1.807) is 6.20 Å². The second-order valence-corrected chi connectivity index (χ2v) is 7.20. The van der Waals surface area contributed by atoms with E-state index in [4.69, 9.17) is 4.98 Å². The van der Waals surface area contributed by atoms with Gasteiger partial charge in [-0.25, -0.2) is 9.97 Å². The lowest BCUT2D eigenvalue weighted by molar-refractivity contribution is 0.212. The number of hydrogen-bond donors (Lipinski definition) is 2. The predicted molar refractivity (Wildman–Crippen MR) is 94.9 cm³/mol. The Hall–Kier alpha value is -2.48. The van der Waals surface area contributed by atoms with Gasteiger partial charge >= 0.3 is 0 Å². The Morgan fingerprint density at radius 3 is 2.76 bits per heavy atom.